The summed E-state index contributed by atoms with van der Waals surface area (Å²) in [5, 5.41) is 2.99. The Kier molecular flexibility index (Phi) is 9.98. The molecule has 0 saturated carbocycles. The average Bonchev–Trinajstić information content (AvgIpc) is 2.72. The number of benzene rings is 2. The van der Waals surface area contributed by atoms with Crippen molar-refractivity contribution in [2.75, 3.05) is 11.4 Å². The van der Waals surface area contributed by atoms with E-state index >= 15 is 0 Å². The molecule has 156 valence electrons. The first-order valence-corrected chi connectivity index (χ1v) is 10.8. The number of hydrogen-bond donors (Lipinski definition) is 1. The molecule has 4 heteroatoms. The molecule has 0 heterocycles. The molecule has 0 spiro atoms. The van der Waals surface area contributed by atoms with Gasteiger partial charge in [0.1, 0.15) is 0 Å². The van der Waals surface area contributed by atoms with E-state index in [9.17, 15) is 9.59 Å². The van der Waals surface area contributed by atoms with Crippen LogP contribution in [0.5, 0.6) is 0 Å². The van der Waals surface area contributed by atoms with Gasteiger partial charge in [0, 0.05) is 30.8 Å². The second-order valence-corrected chi connectivity index (χ2v) is 7.68. The number of rotatable bonds is 12. The fraction of sp³-hybridized carbons (Fsp3) is 0.440. The maximum absolute atomic E-state index is 13.1. The Labute approximate surface area is 175 Å². The van der Waals surface area contributed by atoms with Crippen LogP contribution in [0.25, 0.3) is 0 Å². The van der Waals surface area contributed by atoms with Gasteiger partial charge in [-0.1, -0.05) is 75.9 Å². The van der Waals surface area contributed by atoms with Crippen molar-refractivity contribution in [1.82, 2.24) is 5.32 Å². The lowest BCUT2D eigenvalue weighted by Crippen LogP contribution is -2.30. The molecule has 0 bridgehead atoms. The maximum atomic E-state index is 13.1. The highest BCUT2D eigenvalue weighted by molar-refractivity contribution is 6.00. The minimum absolute atomic E-state index is 0.00210. The van der Waals surface area contributed by atoms with Crippen LogP contribution in [0.3, 0.4) is 0 Å². The Morgan fingerprint density at radius 1 is 0.828 bits per heavy atom. The summed E-state index contributed by atoms with van der Waals surface area (Å²) in [5.74, 6) is 0.0199. The molecule has 1 atom stereocenters. The number of amides is 2. The Bertz CT molecular complexity index is 692. The third kappa shape index (κ3) is 8.10. The van der Waals surface area contributed by atoms with Crippen molar-refractivity contribution < 1.29 is 9.59 Å². The first-order chi connectivity index (χ1) is 14.1. The topological polar surface area (TPSA) is 49.4 Å². The molecular weight excluding hydrogens is 360 g/mol. The standard InChI is InChI=1S/C25H34N2O2/c1-3-4-5-6-13-18-26-24(28)19-21(2)20-25(29)27(22-14-9-7-10-15-22)23-16-11-8-12-17-23/h7-12,14-17,21H,3-6,13,18-20H2,1-2H3,(H,26,28)/t21-/m0/s1. The van der Waals surface area contributed by atoms with E-state index in [1.807, 2.05) is 67.6 Å². The van der Waals surface area contributed by atoms with E-state index < -0.39 is 0 Å². The van der Waals surface area contributed by atoms with E-state index in [2.05, 4.69) is 12.2 Å². The largest absolute Gasteiger partial charge is 0.356 e. The van der Waals surface area contributed by atoms with Crippen LogP contribution in [0.4, 0.5) is 11.4 Å². The fourth-order valence-corrected chi connectivity index (χ4v) is 3.40. The Morgan fingerprint density at radius 2 is 1.38 bits per heavy atom. The van der Waals surface area contributed by atoms with Crippen molar-refractivity contribution in [1.29, 1.82) is 0 Å². The van der Waals surface area contributed by atoms with Crippen LogP contribution in [-0.4, -0.2) is 18.4 Å². The van der Waals surface area contributed by atoms with Gasteiger partial charge < -0.3 is 5.32 Å². The van der Waals surface area contributed by atoms with Crippen LogP contribution >= 0.6 is 0 Å². The van der Waals surface area contributed by atoms with Gasteiger partial charge in [-0.15, -0.1) is 0 Å². The average molecular weight is 395 g/mol. The van der Waals surface area contributed by atoms with Gasteiger partial charge >= 0.3 is 0 Å². The first kappa shape index (κ1) is 22.7. The van der Waals surface area contributed by atoms with E-state index in [0.717, 1.165) is 30.8 Å². The minimum atomic E-state index is -0.0162. The van der Waals surface area contributed by atoms with E-state index in [-0.39, 0.29) is 17.7 Å². The normalized spacial score (nSPS) is 11.7. The molecule has 2 aromatic carbocycles. The number of anilines is 2. The highest BCUT2D eigenvalue weighted by Crippen LogP contribution is 2.27. The fourth-order valence-electron chi connectivity index (χ4n) is 3.40. The molecule has 29 heavy (non-hydrogen) atoms. The van der Waals surface area contributed by atoms with E-state index in [4.69, 9.17) is 0 Å². The van der Waals surface area contributed by atoms with E-state index in [0.29, 0.717) is 12.8 Å². The molecule has 0 aliphatic heterocycles. The zero-order chi connectivity index (χ0) is 20.9. The van der Waals surface area contributed by atoms with Gasteiger partial charge in [0.15, 0.2) is 0 Å². The van der Waals surface area contributed by atoms with Crippen molar-refractivity contribution in [3.63, 3.8) is 0 Å². The van der Waals surface area contributed by atoms with E-state index in [1.54, 1.807) is 4.90 Å². The number of carbonyl (C=O) groups excluding carboxylic acids is 2. The molecule has 0 aliphatic carbocycles. The van der Waals surface area contributed by atoms with Crippen LogP contribution in [-0.2, 0) is 9.59 Å². The van der Waals surface area contributed by atoms with Gasteiger partial charge in [-0.25, -0.2) is 0 Å². The summed E-state index contributed by atoms with van der Waals surface area (Å²) in [4.78, 5) is 27.0. The summed E-state index contributed by atoms with van der Waals surface area (Å²) < 4.78 is 0. The summed E-state index contributed by atoms with van der Waals surface area (Å²) in [5.41, 5.74) is 1.68. The van der Waals surface area contributed by atoms with Gasteiger partial charge in [-0.2, -0.15) is 0 Å². The van der Waals surface area contributed by atoms with Crippen LogP contribution in [0, 0.1) is 5.92 Å². The number of hydrogen-bond acceptors (Lipinski definition) is 2. The minimum Gasteiger partial charge on any atom is -0.356 e. The lowest BCUT2D eigenvalue weighted by molar-refractivity contribution is -0.122. The zero-order valence-corrected chi connectivity index (χ0v) is 17.8. The van der Waals surface area contributed by atoms with Gasteiger partial charge in [0.25, 0.3) is 0 Å². The molecule has 0 saturated heterocycles. The SMILES string of the molecule is CCCCCCCNC(=O)C[C@H](C)CC(=O)N(c1ccccc1)c1ccccc1. The Hall–Kier alpha value is -2.62. The molecule has 0 fully saturated rings. The van der Waals surface area contributed by atoms with Crippen molar-refractivity contribution in [2.24, 2.45) is 5.92 Å². The monoisotopic (exact) mass is 394 g/mol. The van der Waals surface area contributed by atoms with Crippen molar-refractivity contribution in [2.45, 2.75) is 58.8 Å². The van der Waals surface area contributed by atoms with Gasteiger partial charge in [-0.3, -0.25) is 14.5 Å². The van der Waals surface area contributed by atoms with Gasteiger partial charge in [0.2, 0.25) is 11.8 Å². The second-order valence-electron chi connectivity index (χ2n) is 7.68. The summed E-state index contributed by atoms with van der Waals surface area (Å²) >= 11 is 0. The van der Waals surface area contributed by atoms with Gasteiger partial charge in [0.05, 0.1) is 0 Å². The molecule has 0 radical (unpaired) electrons. The number of carbonyl (C=O) groups is 2. The van der Waals surface area contributed by atoms with E-state index in [1.165, 1.54) is 19.3 Å². The van der Waals surface area contributed by atoms with Crippen LogP contribution in [0.15, 0.2) is 60.7 Å². The quantitative estimate of drug-likeness (QED) is 0.459. The molecule has 2 rings (SSSR count). The summed E-state index contributed by atoms with van der Waals surface area (Å²) in [6.45, 7) is 4.89. The summed E-state index contributed by atoms with van der Waals surface area (Å²) in [7, 11) is 0. The number of nitrogens with one attached hydrogen (secondary N) is 1. The van der Waals surface area contributed by atoms with Crippen molar-refractivity contribution in [3.05, 3.63) is 60.7 Å². The summed E-state index contributed by atoms with van der Waals surface area (Å²) in [6, 6.07) is 19.3. The second kappa shape index (κ2) is 12.8. The molecule has 1 N–H and O–H groups in total. The smallest absolute Gasteiger partial charge is 0.231 e. The molecular formula is C25H34N2O2. The number of nitrogens with zero attached hydrogens (tertiary/aromatic N) is 1. The molecule has 2 amide bonds. The lowest BCUT2D eigenvalue weighted by Gasteiger charge is -2.24. The molecule has 0 unspecified atom stereocenters. The van der Waals surface area contributed by atoms with Crippen LogP contribution in [0.1, 0.15) is 58.8 Å². The third-order valence-corrected chi connectivity index (χ3v) is 4.94. The van der Waals surface area contributed by atoms with Gasteiger partial charge in [-0.05, 0) is 36.6 Å². The molecule has 0 aliphatic rings. The Balaban J connectivity index is 1.88. The maximum Gasteiger partial charge on any atom is 0.231 e. The molecule has 4 nitrogen and oxygen atoms in total. The molecule has 2 aromatic rings. The first-order valence-electron chi connectivity index (χ1n) is 10.8. The lowest BCUT2D eigenvalue weighted by atomic mass is 10.0. The zero-order valence-electron chi connectivity index (χ0n) is 17.8. The highest BCUT2D eigenvalue weighted by Gasteiger charge is 2.21. The third-order valence-electron chi connectivity index (χ3n) is 4.94. The highest BCUT2D eigenvalue weighted by atomic mass is 16.2. The van der Waals surface area contributed by atoms with Crippen molar-refractivity contribution in [3.8, 4) is 0 Å². The number of para-hydroxylation sites is 2. The van der Waals surface area contributed by atoms with Crippen molar-refractivity contribution >= 4 is 23.2 Å². The predicted molar refractivity (Wildman–Crippen MR) is 120 cm³/mol. The van der Waals surface area contributed by atoms with Crippen LogP contribution in [0.2, 0.25) is 0 Å². The Morgan fingerprint density at radius 3 is 1.93 bits per heavy atom. The predicted octanol–water partition coefficient (Wildman–Crippen LogP) is 5.85. The number of unbranched alkanes of at least 4 members (excludes halogenated alkanes) is 4. The van der Waals surface area contributed by atoms with Crippen LogP contribution < -0.4 is 10.2 Å². The summed E-state index contributed by atoms with van der Waals surface area (Å²) in [6.07, 6.45) is 6.59. The molecule has 0 aromatic heterocycles.